The summed E-state index contributed by atoms with van der Waals surface area (Å²) >= 11 is 0. The van der Waals surface area contributed by atoms with Crippen LogP contribution in [0, 0.1) is 0 Å². The molecule has 0 aliphatic heterocycles. The van der Waals surface area contributed by atoms with Gasteiger partial charge in [0.1, 0.15) is 11.5 Å². The van der Waals surface area contributed by atoms with E-state index in [1.54, 1.807) is 12.1 Å². The Bertz CT molecular complexity index is 496. The molecule has 4 N–H and O–H groups in total. The van der Waals surface area contributed by atoms with Crippen molar-refractivity contribution in [3.05, 3.63) is 23.8 Å². The second-order valence-electron chi connectivity index (χ2n) is 4.48. The van der Waals surface area contributed by atoms with E-state index in [0.29, 0.717) is 19.5 Å². The molecule has 7 heteroatoms. The van der Waals surface area contributed by atoms with Crippen LogP contribution in [0.2, 0.25) is 0 Å². The molecule has 0 heterocycles. The summed E-state index contributed by atoms with van der Waals surface area (Å²) in [6.07, 6.45) is 1.78. The van der Waals surface area contributed by atoms with Crippen LogP contribution in [0.15, 0.2) is 18.2 Å². The van der Waals surface area contributed by atoms with E-state index in [0.717, 1.165) is 11.8 Å². The topological polar surface area (TPSA) is 98.7 Å². The molecule has 19 heavy (non-hydrogen) atoms. The summed E-state index contributed by atoms with van der Waals surface area (Å²) in [6.45, 7) is 2.90. The Balaban J connectivity index is 2.37. The highest BCUT2D eigenvalue weighted by Gasteiger charge is 2.07. The lowest BCUT2D eigenvalue weighted by molar-refractivity contribution is 0.446. The minimum Gasteiger partial charge on any atom is -0.508 e. The van der Waals surface area contributed by atoms with Gasteiger partial charge in [-0.2, -0.15) is 0 Å². The minimum absolute atomic E-state index is 0.0161. The van der Waals surface area contributed by atoms with Gasteiger partial charge in [0.25, 0.3) is 0 Å². The van der Waals surface area contributed by atoms with Crippen LogP contribution in [0.1, 0.15) is 24.9 Å². The molecule has 0 aliphatic rings. The highest BCUT2D eigenvalue weighted by Crippen LogP contribution is 2.24. The van der Waals surface area contributed by atoms with Crippen LogP contribution in [-0.2, 0) is 10.0 Å². The van der Waals surface area contributed by atoms with Crippen molar-refractivity contribution in [1.82, 2.24) is 10.0 Å². The SMILES string of the molecule is CC(NCCCNS(C)(=O)=O)c1cc(O)cc(O)c1. The molecule has 0 aromatic heterocycles. The van der Waals surface area contributed by atoms with Gasteiger partial charge in [0.15, 0.2) is 0 Å². The Hall–Kier alpha value is -1.31. The lowest BCUT2D eigenvalue weighted by Gasteiger charge is -2.15. The molecule has 0 radical (unpaired) electrons. The van der Waals surface area contributed by atoms with Gasteiger partial charge < -0.3 is 15.5 Å². The fourth-order valence-electron chi connectivity index (χ4n) is 1.65. The first-order valence-electron chi connectivity index (χ1n) is 5.99. The number of phenolic OH excluding ortho intramolecular Hbond substituents is 2. The van der Waals surface area contributed by atoms with Gasteiger partial charge in [0.05, 0.1) is 6.26 Å². The molecule has 0 aliphatic carbocycles. The number of sulfonamides is 1. The van der Waals surface area contributed by atoms with E-state index in [9.17, 15) is 18.6 Å². The zero-order valence-electron chi connectivity index (χ0n) is 11.0. The van der Waals surface area contributed by atoms with Crippen molar-refractivity contribution in [3.8, 4) is 11.5 Å². The predicted octanol–water partition coefficient (Wildman–Crippen LogP) is 0.688. The molecule has 0 amide bonds. The molecule has 1 aromatic rings. The number of rotatable bonds is 7. The van der Waals surface area contributed by atoms with Gasteiger partial charge in [-0.1, -0.05) is 0 Å². The van der Waals surface area contributed by atoms with E-state index in [1.165, 1.54) is 6.07 Å². The Kier molecular flexibility index (Phi) is 5.59. The third kappa shape index (κ3) is 6.42. The number of phenols is 2. The molecule has 0 spiro atoms. The Labute approximate surface area is 113 Å². The molecular formula is C12H20N2O4S. The summed E-state index contributed by atoms with van der Waals surface area (Å²) in [4.78, 5) is 0. The molecule has 108 valence electrons. The van der Waals surface area contributed by atoms with Crippen LogP contribution in [0.4, 0.5) is 0 Å². The van der Waals surface area contributed by atoms with Crippen molar-refractivity contribution < 1.29 is 18.6 Å². The third-order valence-electron chi connectivity index (χ3n) is 2.59. The highest BCUT2D eigenvalue weighted by atomic mass is 32.2. The Morgan fingerprint density at radius 3 is 2.26 bits per heavy atom. The standard InChI is InChI=1S/C12H20N2O4S/c1-9(10-6-11(15)8-12(16)7-10)13-4-3-5-14-19(2,17)18/h6-9,13-16H,3-5H2,1-2H3. The fourth-order valence-corrected chi connectivity index (χ4v) is 2.17. The number of nitrogens with one attached hydrogen (secondary N) is 2. The largest absolute Gasteiger partial charge is 0.508 e. The maximum Gasteiger partial charge on any atom is 0.208 e. The minimum atomic E-state index is -3.13. The fraction of sp³-hybridized carbons (Fsp3) is 0.500. The molecule has 6 nitrogen and oxygen atoms in total. The lowest BCUT2D eigenvalue weighted by atomic mass is 10.1. The van der Waals surface area contributed by atoms with Crippen molar-refractivity contribution in [2.45, 2.75) is 19.4 Å². The van der Waals surface area contributed by atoms with E-state index in [2.05, 4.69) is 10.0 Å². The first kappa shape index (κ1) is 15.7. The van der Waals surface area contributed by atoms with Gasteiger partial charge >= 0.3 is 0 Å². The summed E-state index contributed by atoms with van der Waals surface area (Å²) in [5.74, 6) is 0.0322. The molecule has 0 fully saturated rings. The van der Waals surface area contributed by atoms with Crippen LogP contribution in [0.5, 0.6) is 11.5 Å². The van der Waals surface area contributed by atoms with E-state index in [-0.39, 0.29) is 17.5 Å². The second-order valence-corrected chi connectivity index (χ2v) is 6.31. The molecule has 0 bridgehead atoms. The number of aromatic hydroxyl groups is 2. The smallest absolute Gasteiger partial charge is 0.208 e. The number of hydrogen-bond donors (Lipinski definition) is 4. The molecule has 1 aromatic carbocycles. The summed E-state index contributed by atoms with van der Waals surface area (Å²) in [6, 6.07) is 4.38. The van der Waals surface area contributed by atoms with E-state index in [1.807, 2.05) is 6.92 Å². The lowest BCUT2D eigenvalue weighted by Crippen LogP contribution is -2.27. The molecule has 0 saturated heterocycles. The average molecular weight is 288 g/mol. The van der Waals surface area contributed by atoms with Crippen molar-refractivity contribution in [1.29, 1.82) is 0 Å². The molecular weight excluding hydrogens is 268 g/mol. The quantitative estimate of drug-likeness (QED) is 0.553. The van der Waals surface area contributed by atoms with Gasteiger partial charge in [-0.05, 0) is 37.6 Å². The van der Waals surface area contributed by atoms with Crippen LogP contribution >= 0.6 is 0 Å². The average Bonchev–Trinajstić information content (AvgIpc) is 2.25. The van der Waals surface area contributed by atoms with Gasteiger partial charge in [-0.15, -0.1) is 0 Å². The van der Waals surface area contributed by atoms with E-state index >= 15 is 0 Å². The second kappa shape index (κ2) is 6.74. The molecule has 1 atom stereocenters. The first-order valence-corrected chi connectivity index (χ1v) is 7.88. The van der Waals surface area contributed by atoms with Crippen molar-refractivity contribution in [3.63, 3.8) is 0 Å². The number of benzene rings is 1. The normalized spacial score (nSPS) is 13.4. The van der Waals surface area contributed by atoms with Crippen molar-refractivity contribution in [2.75, 3.05) is 19.3 Å². The summed E-state index contributed by atoms with van der Waals surface area (Å²) in [5, 5.41) is 21.9. The van der Waals surface area contributed by atoms with Gasteiger partial charge in [-0.25, -0.2) is 13.1 Å². The summed E-state index contributed by atoms with van der Waals surface area (Å²) < 4.78 is 24.1. The maximum atomic E-state index is 10.8. The number of hydrogen-bond acceptors (Lipinski definition) is 5. The first-order chi connectivity index (χ1) is 8.78. The Morgan fingerprint density at radius 1 is 1.16 bits per heavy atom. The maximum absolute atomic E-state index is 10.8. The summed E-state index contributed by atoms with van der Waals surface area (Å²) in [7, 11) is -3.13. The van der Waals surface area contributed by atoms with Gasteiger partial charge in [-0.3, -0.25) is 0 Å². The Morgan fingerprint density at radius 2 is 1.74 bits per heavy atom. The van der Waals surface area contributed by atoms with Crippen LogP contribution in [-0.4, -0.2) is 38.0 Å². The zero-order valence-corrected chi connectivity index (χ0v) is 11.9. The predicted molar refractivity (Wildman–Crippen MR) is 73.7 cm³/mol. The molecule has 1 rings (SSSR count). The van der Waals surface area contributed by atoms with Crippen molar-refractivity contribution >= 4 is 10.0 Å². The monoisotopic (exact) mass is 288 g/mol. The van der Waals surface area contributed by atoms with Crippen LogP contribution < -0.4 is 10.0 Å². The third-order valence-corrected chi connectivity index (χ3v) is 3.32. The molecule has 1 unspecified atom stereocenters. The highest BCUT2D eigenvalue weighted by molar-refractivity contribution is 7.88. The van der Waals surface area contributed by atoms with Gasteiger partial charge in [0, 0.05) is 18.7 Å². The van der Waals surface area contributed by atoms with E-state index in [4.69, 9.17) is 0 Å². The van der Waals surface area contributed by atoms with Gasteiger partial charge in [0.2, 0.25) is 10.0 Å². The molecule has 0 saturated carbocycles. The van der Waals surface area contributed by atoms with Crippen LogP contribution in [0.3, 0.4) is 0 Å². The van der Waals surface area contributed by atoms with Crippen molar-refractivity contribution in [2.24, 2.45) is 0 Å². The summed E-state index contributed by atoms with van der Waals surface area (Å²) in [5.41, 5.74) is 0.772. The van der Waals surface area contributed by atoms with Crippen LogP contribution in [0.25, 0.3) is 0 Å². The van der Waals surface area contributed by atoms with E-state index < -0.39 is 10.0 Å². The zero-order chi connectivity index (χ0) is 14.5.